The topological polar surface area (TPSA) is 59.8 Å². The van der Waals surface area contributed by atoms with Crippen LogP contribution in [-0.4, -0.2) is 33.7 Å². The minimum atomic E-state index is -0.413. The predicted octanol–water partition coefficient (Wildman–Crippen LogP) is 5.42. The van der Waals surface area contributed by atoms with Crippen molar-refractivity contribution < 1.29 is 18.7 Å². The van der Waals surface area contributed by atoms with Crippen LogP contribution in [0.25, 0.3) is 12.2 Å². The molecule has 4 rings (SSSR count). The number of carbonyl (C=O) groups is 2. The van der Waals surface area contributed by atoms with Gasteiger partial charge in [-0.15, -0.1) is 0 Å². The van der Waals surface area contributed by atoms with Crippen molar-refractivity contribution in [2.75, 3.05) is 6.61 Å². The Labute approximate surface area is 186 Å². The number of ether oxygens (including phenoxy) is 1. The fourth-order valence-electron chi connectivity index (χ4n) is 4.88. The molecule has 0 N–H and O–H groups in total. The monoisotopic (exact) mass is 445 g/mol. The van der Waals surface area contributed by atoms with Gasteiger partial charge in [-0.1, -0.05) is 49.7 Å². The molecule has 0 bridgehead atoms. The van der Waals surface area contributed by atoms with Crippen LogP contribution in [0.1, 0.15) is 63.4 Å². The summed E-state index contributed by atoms with van der Waals surface area (Å²) in [6, 6.07) is 3.76. The van der Waals surface area contributed by atoms with Gasteiger partial charge in [0, 0.05) is 18.2 Å². The SMILES string of the molecule is CCOC(=O)C=Cc1ccc(C=C2SC(=S)N(C3CCC4CCCCC4C3)C2=O)o1. The third-order valence-electron chi connectivity index (χ3n) is 6.29. The molecule has 1 amide bonds. The third kappa shape index (κ3) is 4.72. The van der Waals surface area contributed by atoms with Crippen molar-refractivity contribution in [3.63, 3.8) is 0 Å². The van der Waals surface area contributed by atoms with Crippen molar-refractivity contribution in [3.05, 3.63) is 34.6 Å². The Morgan fingerprint density at radius 1 is 1.23 bits per heavy atom. The van der Waals surface area contributed by atoms with Crippen LogP contribution in [0.5, 0.6) is 0 Å². The van der Waals surface area contributed by atoms with Crippen LogP contribution in [0.3, 0.4) is 0 Å². The molecule has 1 aliphatic heterocycles. The van der Waals surface area contributed by atoms with Crippen molar-refractivity contribution in [2.45, 2.75) is 57.9 Å². The number of hydrogen-bond acceptors (Lipinski definition) is 6. The Bertz CT molecular complexity index is 888. The van der Waals surface area contributed by atoms with E-state index in [-0.39, 0.29) is 11.9 Å². The maximum Gasteiger partial charge on any atom is 0.330 e. The van der Waals surface area contributed by atoms with E-state index in [1.165, 1.54) is 49.9 Å². The van der Waals surface area contributed by atoms with Crippen molar-refractivity contribution >= 4 is 52.3 Å². The molecule has 2 heterocycles. The third-order valence-corrected chi connectivity index (χ3v) is 7.62. The second kappa shape index (κ2) is 9.52. The lowest BCUT2D eigenvalue weighted by Gasteiger charge is -2.41. The standard InChI is InChI=1S/C23H27NO4S2/c1-2-27-21(25)12-11-18-9-10-19(28-18)14-20-22(26)24(23(29)30-20)17-8-7-15-5-3-4-6-16(15)13-17/h9-12,14-17H,2-8,13H2,1H3. The minimum Gasteiger partial charge on any atom is -0.463 e. The van der Waals surface area contributed by atoms with Crippen molar-refractivity contribution in [1.82, 2.24) is 4.90 Å². The van der Waals surface area contributed by atoms with Gasteiger partial charge in [0.1, 0.15) is 15.8 Å². The first kappa shape index (κ1) is 21.4. The molecule has 3 fully saturated rings. The van der Waals surface area contributed by atoms with Crippen molar-refractivity contribution in [3.8, 4) is 0 Å². The van der Waals surface area contributed by atoms with E-state index in [2.05, 4.69) is 0 Å². The molecule has 0 aromatic carbocycles. The van der Waals surface area contributed by atoms with E-state index >= 15 is 0 Å². The zero-order chi connectivity index (χ0) is 21.1. The normalized spacial score (nSPS) is 28.4. The molecule has 7 heteroatoms. The lowest BCUT2D eigenvalue weighted by Crippen LogP contribution is -2.44. The molecule has 2 saturated carbocycles. The molecule has 1 aromatic heterocycles. The fourth-order valence-corrected chi connectivity index (χ4v) is 6.26. The second-order valence-corrected chi connectivity index (χ2v) is 9.82. The van der Waals surface area contributed by atoms with Gasteiger partial charge in [-0.05, 0) is 56.2 Å². The van der Waals surface area contributed by atoms with Gasteiger partial charge in [-0.2, -0.15) is 0 Å². The van der Waals surface area contributed by atoms with E-state index < -0.39 is 5.97 Å². The number of amides is 1. The largest absolute Gasteiger partial charge is 0.463 e. The fraction of sp³-hybridized carbons (Fsp3) is 0.522. The molecule has 5 nitrogen and oxygen atoms in total. The van der Waals surface area contributed by atoms with Crippen LogP contribution >= 0.6 is 24.0 Å². The first-order chi connectivity index (χ1) is 14.5. The first-order valence-electron chi connectivity index (χ1n) is 10.8. The predicted molar refractivity (Wildman–Crippen MR) is 122 cm³/mol. The van der Waals surface area contributed by atoms with Gasteiger partial charge >= 0.3 is 5.97 Å². The molecule has 3 aliphatic rings. The molecular weight excluding hydrogens is 418 g/mol. The maximum atomic E-state index is 13.1. The Balaban J connectivity index is 1.42. The number of thiocarbonyl (C=S) groups is 1. The van der Waals surface area contributed by atoms with E-state index in [0.717, 1.165) is 24.7 Å². The van der Waals surface area contributed by atoms with E-state index in [1.807, 2.05) is 4.90 Å². The summed E-state index contributed by atoms with van der Waals surface area (Å²) in [6.45, 7) is 2.09. The molecule has 3 atom stereocenters. The number of furan rings is 1. The zero-order valence-electron chi connectivity index (χ0n) is 17.2. The number of hydrogen-bond donors (Lipinski definition) is 0. The molecule has 3 unspecified atom stereocenters. The zero-order valence-corrected chi connectivity index (χ0v) is 18.8. The summed E-state index contributed by atoms with van der Waals surface area (Å²) in [5.41, 5.74) is 0. The molecular formula is C23H27NO4S2. The van der Waals surface area contributed by atoms with Gasteiger partial charge < -0.3 is 9.15 Å². The Morgan fingerprint density at radius 3 is 2.80 bits per heavy atom. The highest BCUT2D eigenvalue weighted by molar-refractivity contribution is 8.26. The van der Waals surface area contributed by atoms with Gasteiger partial charge in [-0.3, -0.25) is 9.69 Å². The second-order valence-electron chi connectivity index (χ2n) is 8.15. The Morgan fingerprint density at radius 2 is 2.00 bits per heavy atom. The summed E-state index contributed by atoms with van der Waals surface area (Å²) < 4.78 is 11.2. The highest BCUT2D eigenvalue weighted by atomic mass is 32.2. The highest BCUT2D eigenvalue weighted by Crippen LogP contribution is 2.44. The molecule has 2 aliphatic carbocycles. The summed E-state index contributed by atoms with van der Waals surface area (Å²) in [6.07, 6.45) is 13.3. The lowest BCUT2D eigenvalue weighted by molar-refractivity contribution is -0.137. The van der Waals surface area contributed by atoms with Crippen LogP contribution in [0.15, 0.2) is 27.5 Å². The quantitative estimate of drug-likeness (QED) is 0.343. The number of nitrogens with zero attached hydrogens (tertiary/aromatic N) is 1. The average molecular weight is 446 g/mol. The summed E-state index contributed by atoms with van der Waals surface area (Å²) in [7, 11) is 0. The molecule has 1 saturated heterocycles. The number of carbonyl (C=O) groups excluding carboxylic acids is 2. The molecule has 0 spiro atoms. The Kier molecular flexibility index (Phi) is 6.78. The molecule has 0 radical (unpaired) electrons. The smallest absolute Gasteiger partial charge is 0.330 e. The number of esters is 1. The van der Waals surface area contributed by atoms with Gasteiger partial charge in [-0.25, -0.2) is 4.79 Å². The number of fused-ring (bicyclic) bond motifs is 1. The van der Waals surface area contributed by atoms with Crippen LogP contribution < -0.4 is 0 Å². The summed E-state index contributed by atoms with van der Waals surface area (Å²) in [5, 5.41) is 0. The number of rotatable bonds is 5. The first-order valence-corrected chi connectivity index (χ1v) is 12.0. The highest BCUT2D eigenvalue weighted by Gasteiger charge is 2.41. The van der Waals surface area contributed by atoms with Crippen LogP contribution in [0.4, 0.5) is 0 Å². The van der Waals surface area contributed by atoms with Crippen molar-refractivity contribution in [2.24, 2.45) is 11.8 Å². The van der Waals surface area contributed by atoms with Gasteiger partial charge in [0.2, 0.25) is 0 Å². The molecule has 1 aromatic rings. The number of thioether (sulfide) groups is 1. The van der Waals surface area contributed by atoms with Crippen LogP contribution in [0, 0.1) is 11.8 Å². The van der Waals surface area contributed by atoms with Crippen molar-refractivity contribution in [1.29, 1.82) is 0 Å². The summed E-state index contributed by atoms with van der Waals surface area (Å²) in [4.78, 5) is 27.0. The van der Waals surface area contributed by atoms with E-state index in [4.69, 9.17) is 21.4 Å². The maximum absolute atomic E-state index is 13.1. The van der Waals surface area contributed by atoms with Crippen LogP contribution in [-0.2, 0) is 14.3 Å². The Hall–Kier alpha value is -1.86. The van der Waals surface area contributed by atoms with Gasteiger partial charge in [0.05, 0.1) is 11.5 Å². The van der Waals surface area contributed by atoms with Crippen LogP contribution in [0.2, 0.25) is 0 Å². The lowest BCUT2D eigenvalue weighted by atomic mass is 9.69. The van der Waals surface area contributed by atoms with E-state index in [0.29, 0.717) is 27.4 Å². The molecule has 160 valence electrons. The average Bonchev–Trinajstić information content (AvgIpc) is 3.30. The van der Waals surface area contributed by atoms with E-state index in [9.17, 15) is 9.59 Å². The minimum absolute atomic E-state index is 0.00993. The molecule has 30 heavy (non-hydrogen) atoms. The van der Waals surface area contributed by atoms with E-state index in [1.54, 1.807) is 31.2 Å². The van der Waals surface area contributed by atoms with Gasteiger partial charge in [0.25, 0.3) is 5.91 Å². The van der Waals surface area contributed by atoms with Gasteiger partial charge in [0.15, 0.2) is 0 Å². The summed E-state index contributed by atoms with van der Waals surface area (Å²) >= 11 is 6.92. The summed E-state index contributed by atoms with van der Waals surface area (Å²) in [5.74, 6) is 2.25.